The van der Waals surface area contributed by atoms with Crippen molar-refractivity contribution in [3.8, 4) is 11.4 Å². The highest BCUT2D eigenvalue weighted by Gasteiger charge is 2.14. The van der Waals surface area contributed by atoms with Gasteiger partial charge in [-0.2, -0.15) is 0 Å². The van der Waals surface area contributed by atoms with E-state index in [1.54, 1.807) is 24.3 Å². The lowest BCUT2D eigenvalue weighted by molar-refractivity contribution is -0.114. The summed E-state index contributed by atoms with van der Waals surface area (Å²) in [5.41, 5.74) is 2.35. The molecule has 3 rings (SSSR count). The zero-order valence-corrected chi connectivity index (χ0v) is 16.5. The largest absolute Gasteiger partial charge is 0.326 e. The van der Waals surface area contributed by atoms with Crippen LogP contribution >= 0.6 is 11.8 Å². The number of nitrogens with zero attached hydrogens (tertiary/aromatic N) is 3. The maximum absolute atomic E-state index is 12.3. The van der Waals surface area contributed by atoms with Crippen LogP contribution in [0.15, 0.2) is 59.8 Å². The summed E-state index contributed by atoms with van der Waals surface area (Å²) in [6.45, 7) is 4.19. The van der Waals surface area contributed by atoms with Gasteiger partial charge < -0.3 is 15.2 Å². The fourth-order valence-electron chi connectivity index (χ4n) is 2.65. The predicted octanol–water partition coefficient (Wildman–Crippen LogP) is 3.65. The smallest absolute Gasteiger partial charge is 0.234 e. The van der Waals surface area contributed by atoms with Gasteiger partial charge in [-0.3, -0.25) is 9.59 Å². The molecule has 8 heteroatoms. The normalized spacial score (nSPS) is 10.5. The predicted molar refractivity (Wildman–Crippen MR) is 111 cm³/mol. The van der Waals surface area contributed by atoms with Gasteiger partial charge in [-0.25, -0.2) is 0 Å². The van der Waals surface area contributed by atoms with Crippen molar-refractivity contribution in [3.63, 3.8) is 0 Å². The molecule has 0 atom stereocenters. The molecule has 0 saturated carbocycles. The Kier molecular flexibility index (Phi) is 6.44. The van der Waals surface area contributed by atoms with Crippen molar-refractivity contribution >= 4 is 35.0 Å². The molecule has 2 N–H and O–H groups in total. The second-order valence-corrected chi connectivity index (χ2v) is 6.95. The van der Waals surface area contributed by atoms with E-state index in [9.17, 15) is 9.59 Å². The zero-order valence-electron chi connectivity index (χ0n) is 15.7. The van der Waals surface area contributed by atoms with Crippen molar-refractivity contribution in [3.05, 3.63) is 54.6 Å². The number of hydrogen-bond acceptors (Lipinski definition) is 5. The average molecular weight is 395 g/mol. The number of amides is 2. The van der Waals surface area contributed by atoms with E-state index in [4.69, 9.17) is 0 Å². The van der Waals surface area contributed by atoms with E-state index < -0.39 is 0 Å². The number of anilines is 2. The molecule has 28 heavy (non-hydrogen) atoms. The third-order valence-corrected chi connectivity index (χ3v) is 4.85. The lowest BCUT2D eigenvalue weighted by Gasteiger charge is -2.08. The monoisotopic (exact) mass is 395 g/mol. The molecule has 3 aromatic rings. The molecule has 7 nitrogen and oxygen atoms in total. The SMILES string of the molecule is CCn1c(SCC(=O)Nc2ccc(NC(C)=O)cc2)nnc1-c1ccccc1. The molecule has 144 valence electrons. The Morgan fingerprint density at radius 2 is 1.61 bits per heavy atom. The van der Waals surface area contributed by atoms with Gasteiger partial charge in [-0.15, -0.1) is 10.2 Å². The van der Waals surface area contributed by atoms with E-state index in [-0.39, 0.29) is 17.6 Å². The minimum atomic E-state index is -0.136. The van der Waals surface area contributed by atoms with Crippen LogP contribution in [0, 0.1) is 0 Å². The first-order chi connectivity index (χ1) is 13.6. The summed E-state index contributed by atoms with van der Waals surface area (Å²) in [6, 6.07) is 16.8. The number of nitrogens with one attached hydrogen (secondary N) is 2. The van der Waals surface area contributed by atoms with E-state index in [2.05, 4.69) is 20.8 Å². The van der Waals surface area contributed by atoms with Crippen LogP contribution in [-0.4, -0.2) is 32.3 Å². The first kappa shape index (κ1) is 19.6. The molecular weight excluding hydrogens is 374 g/mol. The Balaban J connectivity index is 1.60. The van der Waals surface area contributed by atoms with Crippen LogP contribution in [0.4, 0.5) is 11.4 Å². The molecule has 2 amide bonds. The van der Waals surface area contributed by atoms with Gasteiger partial charge in [0.05, 0.1) is 5.75 Å². The highest BCUT2D eigenvalue weighted by Crippen LogP contribution is 2.24. The quantitative estimate of drug-likeness (QED) is 0.596. The molecule has 0 fully saturated rings. The Bertz CT molecular complexity index is 954. The number of thioether (sulfide) groups is 1. The van der Waals surface area contributed by atoms with Crippen LogP contribution in [0.25, 0.3) is 11.4 Å². The second kappa shape index (κ2) is 9.18. The van der Waals surface area contributed by atoms with Gasteiger partial charge in [0.1, 0.15) is 0 Å². The van der Waals surface area contributed by atoms with Crippen LogP contribution in [0.5, 0.6) is 0 Å². The summed E-state index contributed by atoms with van der Waals surface area (Å²) >= 11 is 1.35. The van der Waals surface area contributed by atoms with Gasteiger partial charge in [0.25, 0.3) is 0 Å². The van der Waals surface area contributed by atoms with Gasteiger partial charge in [-0.1, -0.05) is 42.1 Å². The lowest BCUT2D eigenvalue weighted by atomic mass is 10.2. The van der Waals surface area contributed by atoms with Crippen LogP contribution < -0.4 is 10.6 Å². The minimum absolute atomic E-state index is 0.135. The fourth-order valence-corrected chi connectivity index (χ4v) is 3.45. The summed E-state index contributed by atoms with van der Waals surface area (Å²) < 4.78 is 2.00. The first-order valence-electron chi connectivity index (χ1n) is 8.85. The van der Waals surface area contributed by atoms with Crippen LogP contribution in [0.2, 0.25) is 0 Å². The van der Waals surface area contributed by atoms with Crippen LogP contribution in [0.1, 0.15) is 13.8 Å². The number of carbonyl (C=O) groups is 2. The van der Waals surface area contributed by atoms with Crippen LogP contribution in [0.3, 0.4) is 0 Å². The average Bonchev–Trinajstić information content (AvgIpc) is 3.11. The van der Waals surface area contributed by atoms with Crippen molar-refractivity contribution < 1.29 is 9.59 Å². The van der Waals surface area contributed by atoms with E-state index in [0.29, 0.717) is 23.1 Å². The number of rotatable bonds is 7. The zero-order chi connectivity index (χ0) is 19.9. The van der Waals surface area contributed by atoms with Crippen molar-refractivity contribution in [1.29, 1.82) is 0 Å². The summed E-state index contributed by atoms with van der Waals surface area (Å²) in [5.74, 6) is 0.743. The highest BCUT2D eigenvalue weighted by molar-refractivity contribution is 7.99. The molecule has 0 radical (unpaired) electrons. The molecule has 0 unspecified atom stereocenters. The summed E-state index contributed by atoms with van der Waals surface area (Å²) in [7, 11) is 0. The van der Waals surface area contributed by atoms with Gasteiger partial charge in [0, 0.05) is 30.4 Å². The first-order valence-corrected chi connectivity index (χ1v) is 9.84. The third-order valence-electron chi connectivity index (χ3n) is 3.89. The molecule has 0 aliphatic carbocycles. The molecule has 0 spiro atoms. The van der Waals surface area contributed by atoms with Gasteiger partial charge >= 0.3 is 0 Å². The fraction of sp³-hybridized carbons (Fsp3) is 0.200. The molecule has 1 aromatic heterocycles. The van der Waals surface area contributed by atoms with E-state index in [1.807, 2.05) is 41.8 Å². The molecule has 0 aliphatic rings. The van der Waals surface area contributed by atoms with E-state index in [1.165, 1.54) is 18.7 Å². The molecule has 1 heterocycles. The van der Waals surface area contributed by atoms with E-state index in [0.717, 1.165) is 11.4 Å². The second-order valence-electron chi connectivity index (χ2n) is 6.01. The Hall–Kier alpha value is -3.13. The van der Waals surface area contributed by atoms with Crippen molar-refractivity contribution in [2.75, 3.05) is 16.4 Å². The van der Waals surface area contributed by atoms with Crippen molar-refractivity contribution in [2.45, 2.75) is 25.5 Å². The topological polar surface area (TPSA) is 88.9 Å². The Labute approximate surface area is 167 Å². The maximum atomic E-state index is 12.3. The Morgan fingerprint density at radius 3 is 2.21 bits per heavy atom. The number of hydrogen-bond donors (Lipinski definition) is 2. The third kappa shape index (κ3) is 4.98. The van der Waals surface area contributed by atoms with Gasteiger partial charge in [0.2, 0.25) is 11.8 Å². The number of benzene rings is 2. The van der Waals surface area contributed by atoms with Gasteiger partial charge in [0.15, 0.2) is 11.0 Å². The summed E-state index contributed by atoms with van der Waals surface area (Å²) in [6.07, 6.45) is 0. The highest BCUT2D eigenvalue weighted by atomic mass is 32.2. The summed E-state index contributed by atoms with van der Waals surface area (Å²) in [4.78, 5) is 23.3. The molecule has 0 saturated heterocycles. The molecule has 2 aromatic carbocycles. The maximum Gasteiger partial charge on any atom is 0.234 e. The Morgan fingerprint density at radius 1 is 0.964 bits per heavy atom. The molecule has 0 bridgehead atoms. The van der Waals surface area contributed by atoms with Crippen LogP contribution in [-0.2, 0) is 16.1 Å². The minimum Gasteiger partial charge on any atom is -0.326 e. The number of aromatic nitrogens is 3. The van der Waals surface area contributed by atoms with Crippen molar-refractivity contribution in [2.24, 2.45) is 0 Å². The van der Waals surface area contributed by atoms with Gasteiger partial charge in [-0.05, 0) is 31.2 Å². The molecule has 0 aliphatic heterocycles. The lowest BCUT2D eigenvalue weighted by Crippen LogP contribution is -2.14. The summed E-state index contributed by atoms with van der Waals surface area (Å²) in [5, 5.41) is 14.7. The number of carbonyl (C=O) groups excluding carboxylic acids is 2. The standard InChI is InChI=1S/C20H21N5O2S/c1-3-25-19(15-7-5-4-6-8-15)23-24-20(25)28-13-18(27)22-17-11-9-16(10-12-17)21-14(2)26/h4-12H,3,13H2,1-2H3,(H,21,26)(H,22,27). The van der Waals surface area contributed by atoms with Crippen molar-refractivity contribution in [1.82, 2.24) is 14.8 Å². The van der Waals surface area contributed by atoms with E-state index >= 15 is 0 Å². The molecular formula is C20H21N5O2S.